The quantitative estimate of drug-likeness (QED) is 0.377. The number of fused-ring (bicyclic) bond motifs is 1. The molecule has 1 unspecified atom stereocenters. The molecule has 0 aliphatic carbocycles. The summed E-state index contributed by atoms with van der Waals surface area (Å²) in [6.07, 6.45) is 0. The lowest BCUT2D eigenvalue weighted by Crippen LogP contribution is -2.31. The SMILES string of the molecule is COc1ccccc1NC(=O)C1=C(C)Nc2nc(-c3ccc(F)cc3)nn2C1c1ccccc1Cl. The maximum atomic E-state index is 13.7. The fraction of sp³-hybridized carbons (Fsp3) is 0.115. The summed E-state index contributed by atoms with van der Waals surface area (Å²) >= 11 is 6.59. The Labute approximate surface area is 206 Å². The van der Waals surface area contributed by atoms with Crippen LogP contribution < -0.4 is 15.4 Å². The number of halogens is 2. The highest BCUT2D eigenvalue weighted by Crippen LogP contribution is 2.39. The molecule has 0 fully saturated rings. The summed E-state index contributed by atoms with van der Waals surface area (Å²) in [7, 11) is 1.54. The van der Waals surface area contributed by atoms with E-state index >= 15 is 0 Å². The third kappa shape index (κ3) is 4.24. The van der Waals surface area contributed by atoms with Gasteiger partial charge in [-0.25, -0.2) is 9.07 Å². The molecular weight excluding hydrogens is 469 g/mol. The number of amides is 1. The van der Waals surface area contributed by atoms with Crippen molar-refractivity contribution in [2.24, 2.45) is 0 Å². The molecule has 0 radical (unpaired) electrons. The number of methoxy groups -OCH3 is 1. The lowest BCUT2D eigenvalue weighted by molar-refractivity contribution is -0.113. The molecule has 35 heavy (non-hydrogen) atoms. The van der Waals surface area contributed by atoms with Crippen LogP contribution in [0, 0.1) is 5.82 Å². The average Bonchev–Trinajstić information content (AvgIpc) is 3.28. The molecule has 7 nitrogen and oxygen atoms in total. The van der Waals surface area contributed by atoms with Gasteiger partial charge in [-0.1, -0.05) is 41.9 Å². The minimum absolute atomic E-state index is 0.339. The van der Waals surface area contributed by atoms with Gasteiger partial charge in [0, 0.05) is 21.8 Å². The van der Waals surface area contributed by atoms with Gasteiger partial charge in [-0.2, -0.15) is 4.98 Å². The molecule has 1 aromatic heterocycles. The molecule has 1 amide bonds. The van der Waals surface area contributed by atoms with Gasteiger partial charge in [-0.15, -0.1) is 5.10 Å². The summed E-state index contributed by atoms with van der Waals surface area (Å²) in [5.74, 6) is 0.688. The smallest absolute Gasteiger partial charge is 0.255 e. The summed E-state index contributed by atoms with van der Waals surface area (Å²) in [6, 6.07) is 19.7. The van der Waals surface area contributed by atoms with Crippen LogP contribution in [-0.2, 0) is 4.79 Å². The van der Waals surface area contributed by atoms with Crippen molar-refractivity contribution in [3.63, 3.8) is 0 Å². The van der Waals surface area contributed by atoms with E-state index in [2.05, 4.69) is 20.7 Å². The number of hydrogen-bond donors (Lipinski definition) is 2. The molecule has 0 saturated heterocycles. The number of nitrogens with zero attached hydrogens (tertiary/aromatic N) is 3. The van der Waals surface area contributed by atoms with Gasteiger partial charge in [-0.3, -0.25) is 4.79 Å². The van der Waals surface area contributed by atoms with Gasteiger partial charge in [0.1, 0.15) is 17.6 Å². The Hall–Kier alpha value is -4.17. The van der Waals surface area contributed by atoms with Crippen LogP contribution in [0.1, 0.15) is 18.5 Å². The van der Waals surface area contributed by atoms with Crippen LogP contribution >= 0.6 is 11.6 Å². The Kier molecular flexibility index (Phi) is 5.96. The fourth-order valence-electron chi connectivity index (χ4n) is 4.09. The topological polar surface area (TPSA) is 81.1 Å². The van der Waals surface area contributed by atoms with Gasteiger partial charge in [0.2, 0.25) is 5.95 Å². The van der Waals surface area contributed by atoms with Crippen molar-refractivity contribution < 1.29 is 13.9 Å². The van der Waals surface area contributed by atoms with Gasteiger partial charge in [0.05, 0.1) is 18.4 Å². The van der Waals surface area contributed by atoms with Gasteiger partial charge >= 0.3 is 0 Å². The van der Waals surface area contributed by atoms with Gasteiger partial charge in [0.15, 0.2) is 5.82 Å². The van der Waals surface area contributed by atoms with Gasteiger partial charge < -0.3 is 15.4 Å². The zero-order valence-corrected chi connectivity index (χ0v) is 19.7. The third-order valence-electron chi connectivity index (χ3n) is 5.75. The highest BCUT2D eigenvalue weighted by atomic mass is 35.5. The Morgan fingerprint density at radius 1 is 1.09 bits per heavy atom. The number of rotatable bonds is 5. The first-order valence-electron chi connectivity index (χ1n) is 10.9. The van der Waals surface area contributed by atoms with E-state index in [1.54, 1.807) is 49.0 Å². The zero-order chi connectivity index (χ0) is 24.5. The van der Waals surface area contributed by atoms with Crippen molar-refractivity contribution in [3.05, 3.63) is 100 Å². The average molecular weight is 490 g/mol. The number of ether oxygens (including phenoxy) is 1. The van der Waals surface area contributed by atoms with E-state index in [1.165, 1.54) is 12.1 Å². The number of anilines is 2. The fourth-order valence-corrected chi connectivity index (χ4v) is 4.33. The molecule has 176 valence electrons. The highest BCUT2D eigenvalue weighted by molar-refractivity contribution is 6.31. The van der Waals surface area contributed by atoms with Crippen LogP contribution in [0.5, 0.6) is 5.75 Å². The van der Waals surface area contributed by atoms with Crippen LogP contribution in [0.2, 0.25) is 5.02 Å². The summed E-state index contributed by atoms with van der Waals surface area (Å²) in [5.41, 5.74) is 2.90. The van der Waals surface area contributed by atoms with Crippen LogP contribution in [0.15, 0.2) is 84.1 Å². The van der Waals surface area contributed by atoms with Crippen LogP contribution in [0.3, 0.4) is 0 Å². The third-order valence-corrected chi connectivity index (χ3v) is 6.10. The Morgan fingerprint density at radius 3 is 2.54 bits per heavy atom. The lowest BCUT2D eigenvalue weighted by atomic mass is 9.95. The maximum absolute atomic E-state index is 13.7. The van der Waals surface area contributed by atoms with E-state index in [4.69, 9.17) is 16.3 Å². The summed E-state index contributed by atoms with van der Waals surface area (Å²) in [5, 5.41) is 11.3. The number of allylic oxidation sites excluding steroid dienone is 1. The molecule has 2 N–H and O–H groups in total. The van der Waals surface area contributed by atoms with Crippen LogP contribution in [0.25, 0.3) is 11.4 Å². The monoisotopic (exact) mass is 489 g/mol. The second-order valence-electron chi connectivity index (χ2n) is 7.95. The molecule has 0 saturated carbocycles. The summed E-state index contributed by atoms with van der Waals surface area (Å²) in [4.78, 5) is 18.3. The van der Waals surface area contributed by atoms with Gasteiger partial charge in [-0.05, 0) is 49.4 Å². The second-order valence-corrected chi connectivity index (χ2v) is 8.36. The molecule has 9 heteroatoms. The van der Waals surface area contributed by atoms with Crippen molar-refractivity contribution >= 4 is 29.1 Å². The Bertz CT molecular complexity index is 1450. The van der Waals surface area contributed by atoms with E-state index in [9.17, 15) is 9.18 Å². The first-order chi connectivity index (χ1) is 17.0. The molecule has 4 aromatic rings. The van der Waals surface area contributed by atoms with Crippen molar-refractivity contribution in [2.75, 3.05) is 17.7 Å². The molecule has 1 atom stereocenters. The lowest BCUT2D eigenvalue weighted by Gasteiger charge is -2.29. The Morgan fingerprint density at radius 2 is 1.80 bits per heavy atom. The molecule has 0 spiro atoms. The minimum Gasteiger partial charge on any atom is -0.495 e. The van der Waals surface area contributed by atoms with E-state index < -0.39 is 6.04 Å². The predicted molar refractivity (Wildman–Crippen MR) is 133 cm³/mol. The molecule has 3 aromatic carbocycles. The van der Waals surface area contributed by atoms with Crippen molar-refractivity contribution in [1.29, 1.82) is 0 Å². The standard InChI is InChI=1S/C26H21ClFN5O2/c1-15-22(25(34)30-20-9-5-6-10-21(20)35-2)23(18-7-3-4-8-19(18)27)33-26(29-15)31-24(32-33)16-11-13-17(28)14-12-16/h3-14,23H,1-2H3,(H,30,34)(H,29,31,32). The second kappa shape index (κ2) is 9.23. The maximum Gasteiger partial charge on any atom is 0.255 e. The number of carbonyl (C=O) groups is 1. The molecule has 5 rings (SSSR count). The molecular formula is C26H21ClFN5O2. The largest absolute Gasteiger partial charge is 0.495 e. The van der Waals surface area contributed by atoms with E-state index in [-0.39, 0.29) is 11.7 Å². The predicted octanol–water partition coefficient (Wildman–Crippen LogP) is 5.67. The number of aromatic nitrogens is 3. The molecule has 1 aliphatic heterocycles. The Balaban J connectivity index is 1.61. The number of para-hydroxylation sites is 2. The van der Waals surface area contributed by atoms with Crippen LogP contribution in [-0.4, -0.2) is 27.8 Å². The van der Waals surface area contributed by atoms with Crippen molar-refractivity contribution in [3.8, 4) is 17.1 Å². The minimum atomic E-state index is -0.656. The number of hydrogen-bond acceptors (Lipinski definition) is 5. The first kappa shape index (κ1) is 22.6. The van der Waals surface area contributed by atoms with Crippen molar-refractivity contribution in [2.45, 2.75) is 13.0 Å². The number of benzene rings is 3. The summed E-state index contributed by atoms with van der Waals surface area (Å²) in [6.45, 7) is 1.80. The highest BCUT2D eigenvalue weighted by Gasteiger charge is 2.35. The van der Waals surface area contributed by atoms with Crippen LogP contribution in [0.4, 0.5) is 16.0 Å². The van der Waals surface area contributed by atoms with E-state index in [0.717, 1.165) is 0 Å². The molecule has 1 aliphatic rings. The summed E-state index contributed by atoms with van der Waals surface area (Å²) < 4.78 is 20.5. The molecule has 0 bridgehead atoms. The number of nitrogens with one attached hydrogen (secondary N) is 2. The van der Waals surface area contributed by atoms with E-state index in [0.29, 0.717) is 50.6 Å². The molecule has 2 heterocycles. The first-order valence-corrected chi connectivity index (χ1v) is 11.2. The number of carbonyl (C=O) groups excluding carboxylic acids is 1. The van der Waals surface area contributed by atoms with E-state index in [1.807, 2.05) is 30.3 Å². The van der Waals surface area contributed by atoms with Crippen molar-refractivity contribution in [1.82, 2.24) is 14.8 Å². The van der Waals surface area contributed by atoms with Gasteiger partial charge in [0.25, 0.3) is 5.91 Å². The zero-order valence-electron chi connectivity index (χ0n) is 18.9. The normalized spacial score (nSPS) is 14.8.